The Morgan fingerprint density at radius 1 is 0.600 bits per heavy atom. The van der Waals surface area contributed by atoms with E-state index in [0.717, 1.165) is 12.8 Å². The maximum absolute atomic E-state index is 3.67. The van der Waals surface area contributed by atoms with Crippen molar-refractivity contribution >= 4 is 0 Å². The Morgan fingerprint density at radius 2 is 0.900 bits per heavy atom. The molecule has 0 heterocycles. The SMILES string of the molecule is C=C/C(C)=C/CC=C(C)C.C=C/C(C)=C\CC=C(C)C. The highest BCUT2D eigenvalue weighted by atomic mass is 13.9. The molecule has 0 atom stereocenters. The minimum Gasteiger partial charge on any atom is -0.0988 e. The number of hydrogen-bond donors (Lipinski definition) is 0. The summed E-state index contributed by atoms with van der Waals surface area (Å²) in [6, 6.07) is 0. The van der Waals surface area contributed by atoms with Crippen LogP contribution in [0.15, 0.2) is 71.9 Å². The van der Waals surface area contributed by atoms with Gasteiger partial charge in [-0.15, -0.1) is 0 Å². The molecule has 0 aliphatic rings. The summed E-state index contributed by atoms with van der Waals surface area (Å²) in [7, 11) is 0. The third-order valence-corrected chi connectivity index (χ3v) is 2.58. The van der Waals surface area contributed by atoms with Gasteiger partial charge in [0.15, 0.2) is 0 Å². The Labute approximate surface area is 127 Å². The summed E-state index contributed by atoms with van der Waals surface area (Å²) < 4.78 is 0. The molecule has 0 heteroatoms. The molecule has 0 aromatic heterocycles. The maximum Gasteiger partial charge on any atom is -0.0161 e. The molecular formula is C20H32. The molecule has 0 aliphatic carbocycles. The monoisotopic (exact) mass is 272 g/mol. The quantitative estimate of drug-likeness (QED) is 0.362. The van der Waals surface area contributed by atoms with Gasteiger partial charge in [0.05, 0.1) is 0 Å². The van der Waals surface area contributed by atoms with Gasteiger partial charge in [-0.1, -0.05) is 71.9 Å². The van der Waals surface area contributed by atoms with E-state index in [2.05, 4.69) is 79.0 Å². The molecular weight excluding hydrogens is 240 g/mol. The highest BCUT2D eigenvalue weighted by Gasteiger charge is 1.78. The van der Waals surface area contributed by atoms with Crippen LogP contribution >= 0.6 is 0 Å². The fraction of sp³-hybridized carbons (Fsp3) is 0.400. The molecule has 0 radical (unpaired) electrons. The largest absolute Gasteiger partial charge is 0.0988 e. The van der Waals surface area contributed by atoms with Gasteiger partial charge in [-0.05, 0) is 54.4 Å². The summed E-state index contributed by atoms with van der Waals surface area (Å²) in [5, 5.41) is 0. The molecule has 0 unspecified atom stereocenters. The standard InChI is InChI=1S/2C10H16/c2*1-5-10(4)8-6-7-9(2)3/h2*5,7-8H,1,6H2,2-4H3/b10-8+;10-8-. The first-order valence-corrected chi connectivity index (χ1v) is 7.18. The van der Waals surface area contributed by atoms with Crippen molar-refractivity contribution in [1.29, 1.82) is 0 Å². The Bertz CT molecular complexity index is 350. The van der Waals surface area contributed by atoms with E-state index in [4.69, 9.17) is 0 Å². The van der Waals surface area contributed by atoms with Crippen LogP contribution in [0.25, 0.3) is 0 Å². The average molecular weight is 272 g/mol. The van der Waals surface area contributed by atoms with Gasteiger partial charge in [-0.3, -0.25) is 0 Å². The Kier molecular flexibility index (Phi) is 14.4. The molecule has 0 saturated heterocycles. The van der Waals surface area contributed by atoms with Crippen LogP contribution in [0.1, 0.15) is 54.4 Å². The van der Waals surface area contributed by atoms with Crippen LogP contribution in [-0.2, 0) is 0 Å². The van der Waals surface area contributed by atoms with Gasteiger partial charge in [0, 0.05) is 0 Å². The van der Waals surface area contributed by atoms with Crippen LogP contribution in [0.5, 0.6) is 0 Å². The van der Waals surface area contributed by atoms with Crippen LogP contribution in [0.3, 0.4) is 0 Å². The molecule has 0 N–H and O–H groups in total. The normalized spacial score (nSPS) is 10.9. The second-order valence-corrected chi connectivity index (χ2v) is 5.34. The smallest absolute Gasteiger partial charge is 0.0161 e. The molecule has 0 rings (SSSR count). The van der Waals surface area contributed by atoms with Crippen molar-refractivity contribution in [2.45, 2.75) is 54.4 Å². The Hall–Kier alpha value is -1.56. The predicted molar refractivity (Wildman–Crippen MR) is 96.0 cm³/mol. The first-order valence-electron chi connectivity index (χ1n) is 7.18. The fourth-order valence-corrected chi connectivity index (χ4v) is 1.13. The van der Waals surface area contributed by atoms with Crippen molar-refractivity contribution in [2.24, 2.45) is 0 Å². The van der Waals surface area contributed by atoms with Crippen molar-refractivity contribution in [3.05, 3.63) is 71.9 Å². The molecule has 0 aromatic carbocycles. The maximum atomic E-state index is 3.67. The average Bonchev–Trinajstić information content (AvgIpc) is 2.38. The molecule has 0 fully saturated rings. The van der Waals surface area contributed by atoms with Crippen molar-refractivity contribution in [1.82, 2.24) is 0 Å². The second-order valence-electron chi connectivity index (χ2n) is 5.34. The summed E-state index contributed by atoms with van der Waals surface area (Å²) >= 11 is 0. The zero-order valence-corrected chi connectivity index (χ0v) is 14.3. The van der Waals surface area contributed by atoms with E-state index in [1.54, 1.807) is 0 Å². The summed E-state index contributed by atoms with van der Waals surface area (Å²) in [4.78, 5) is 0. The van der Waals surface area contributed by atoms with Crippen LogP contribution in [0.4, 0.5) is 0 Å². The van der Waals surface area contributed by atoms with Gasteiger partial charge in [0.2, 0.25) is 0 Å². The van der Waals surface area contributed by atoms with E-state index in [0.29, 0.717) is 0 Å². The highest BCUT2D eigenvalue weighted by Crippen LogP contribution is 1.99. The van der Waals surface area contributed by atoms with Crippen molar-refractivity contribution in [3.63, 3.8) is 0 Å². The molecule has 0 aromatic rings. The zero-order chi connectivity index (χ0) is 16.0. The van der Waals surface area contributed by atoms with Crippen molar-refractivity contribution < 1.29 is 0 Å². The summed E-state index contributed by atoms with van der Waals surface area (Å²) in [6.07, 6.45) is 14.5. The molecule has 0 bridgehead atoms. The number of rotatable bonds is 6. The number of hydrogen-bond acceptors (Lipinski definition) is 0. The molecule has 0 saturated carbocycles. The summed E-state index contributed by atoms with van der Waals surface area (Å²) in [5.41, 5.74) is 5.23. The van der Waals surface area contributed by atoms with Crippen LogP contribution in [0.2, 0.25) is 0 Å². The van der Waals surface area contributed by atoms with Crippen LogP contribution in [-0.4, -0.2) is 0 Å². The lowest BCUT2D eigenvalue weighted by Gasteiger charge is -1.89. The first-order chi connectivity index (χ1) is 9.33. The zero-order valence-electron chi connectivity index (χ0n) is 14.3. The molecule has 0 nitrogen and oxygen atoms in total. The van der Waals surface area contributed by atoms with Crippen molar-refractivity contribution in [2.75, 3.05) is 0 Å². The van der Waals surface area contributed by atoms with Crippen LogP contribution in [0, 0.1) is 0 Å². The van der Waals surface area contributed by atoms with Gasteiger partial charge in [0.25, 0.3) is 0 Å². The van der Waals surface area contributed by atoms with Gasteiger partial charge in [-0.2, -0.15) is 0 Å². The molecule has 20 heavy (non-hydrogen) atoms. The second kappa shape index (κ2) is 13.9. The third-order valence-electron chi connectivity index (χ3n) is 2.58. The van der Waals surface area contributed by atoms with Crippen molar-refractivity contribution in [3.8, 4) is 0 Å². The first kappa shape index (κ1) is 20.8. The molecule has 0 aliphatic heterocycles. The lowest BCUT2D eigenvalue weighted by atomic mass is 10.2. The van der Waals surface area contributed by atoms with Gasteiger partial charge in [-0.25, -0.2) is 0 Å². The lowest BCUT2D eigenvalue weighted by molar-refractivity contribution is 1.26. The van der Waals surface area contributed by atoms with Gasteiger partial charge < -0.3 is 0 Å². The number of allylic oxidation sites excluding steroid dienone is 10. The predicted octanol–water partition coefficient (Wildman–Crippen LogP) is 6.95. The van der Waals surface area contributed by atoms with E-state index < -0.39 is 0 Å². The molecule has 0 spiro atoms. The van der Waals surface area contributed by atoms with Gasteiger partial charge >= 0.3 is 0 Å². The highest BCUT2D eigenvalue weighted by molar-refractivity contribution is 5.15. The fourth-order valence-electron chi connectivity index (χ4n) is 1.13. The topological polar surface area (TPSA) is 0 Å². The van der Waals surface area contributed by atoms with Crippen LogP contribution < -0.4 is 0 Å². The Morgan fingerprint density at radius 3 is 1.10 bits per heavy atom. The Balaban J connectivity index is 0. The van der Waals surface area contributed by atoms with E-state index in [-0.39, 0.29) is 0 Å². The molecule has 112 valence electrons. The third kappa shape index (κ3) is 18.8. The minimum atomic E-state index is 1.03. The van der Waals surface area contributed by atoms with E-state index >= 15 is 0 Å². The molecule has 0 amide bonds. The van der Waals surface area contributed by atoms with E-state index in [1.165, 1.54) is 22.3 Å². The minimum absolute atomic E-state index is 1.03. The van der Waals surface area contributed by atoms with E-state index in [1.807, 2.05) is 12.2 Å². The van der Waals surface area contributed by atoms with Gasteiger partial charge in [0.1, 0.15) is 0 Å². The lowest BCUT2D eigenvalue weighted by Crippen LogP contribution is -1.68. The summed E-state index contributed by atoms with van der Waals surface area (Å²) in [5.74, 6) is 0. The van der Waals surface area contributed by atoms with E-state index in [9.17, 15) is 0 Å². The summed E-state index contributed by atoms with van der Waals surface area (Å²) in [6.45, 7) is 19.9.